The van der Waals surface area contributed by atoms with Gasteiger partial charge in [0.25, 0.3) is 5.91 Å². The number of thioether (sulfide) groups is 1. The number of rotatable bonds is 8. The Kier molecular flexibility index (Phi) is 6.67. The Bertz CT molecular complexity index is 1180. The van der Waals surface area contributed by atoms with Gasteiger partial charge < -0.3 is 5.32 Å². The van der Waals surface area contributed by atoms with E-state index in [0.717, 1.165) is 46.3 Å². The summed E-state index contributed by atoms with van der Waals surface area (Å²) in [5.74, 6) is 1.53. The fourth-order valence-electron chi connectivity index (χ4n) is 3.44. The Morgan fingerprint density at radius 2 is 2.00 bits per heavy atom. The van der Waals surface area contributed by atoms with Crippen LogP contribution in [0.2, 0.25) is 0 Å². The van der Waals surface area contributed by atoms with Crippen molar-refractivity contribution in [2.45, 2.75) is 32.7 Å². The first-order chi connectivity index (χ1) is 15.1. The summed E-state index contributed by atoms with van der Waals surface area (Å²) < 4.78 is 1.94. The summed E-state index contributed by atoms with van der Waals surface area (Å²) in [5.41, 5.74) is 3.83. The van der Waals surface area contributed by atoms with Crippen LogP contribution in [0.15, 0.2) is 48.7 Å². The fourth-order valence-corrected chi connectivity index (χ4v) is 4.88. The highest BCUT2D eigenvalue weighted by atomic mass is 32.2. The molecule has 0 spiro atoms. The molecule has 1 amide bonds. The van der Waals surface area contributed by atoms with Crippen LogP contribution in [0, 0.1) is 6.92 Å². The molecule has 1 N–H and O–H groups in total. The first-order valence-electron chi connectivity index (χ1n) is 10.3. The molecule has 3 aromatic heterocycles. The number of hydrogen-bond donors (Lipinski definition) is 1. The smallest absolute Gasteiger partial charge is 0.263 e. The Morgan fingerprint density at radius 1 is 1.19 bits per heavy atom. The van der Waals surface area contributed by atoms with Gasteiger partial charge in [-0.15, -0.1) is 21.5 Å². The summed E-state index contributed by atoms with van der Waals surface area (Å²) in [6.07, 6.45) is 5.76. The molecule has 4 rings (SSSR count). The molecule has 3 heterocycles. The molecule has 0 fully saturated rings. The zero-order chi connectivity index (χ0) is 21.8. The first-order valence-corrected chi connectivity index (χ1v) is 12.5. The highest BCUT2D eigenvalue weighted by Gasteiger charge is 2.23. The third-order valence-corrected chi connectivity index (χ3v) is 7.03. The van der Waals surface area contributed by atoms with Gasteiger partial charge in [0.05, 0.1) is 11.7 Å². The van der Waals surface area contributed by atoms with Gasteiger partial charge in [-0.2, -0.15) is 11.8 Å². The van der Waals surface area contributed by atoms with Gasteiger partial charge in [-0.1, -0.05) is 37.3 Å². The third kappa shape index (κ3) is 4.65. The summed E-state index contributed by atoms with van der Waals surface area (Å²) >= 11 is 3.17. The number of thiazole rings is 1. The summed E-state index contributed by atoms with van der Waals surface area (Å²) in [6, 6.07) is 13.9. The lowest BCUT2D eigenvalue weighted by Crippen LogP contribution is -2.30. The van der Waals surface area contributed by atoms with Crippen LogP contribution in [-0.4, -0.2) is 37.5 Å². The average molecular weight is 452 g/mol. The molecule has 8 heteroatoms. The van der Waals surface area contributed by atoms with Gasteiger partial charge in [0, 0.05) is 11.8 Å². The molecule has 0 bridgehead atoms. The van der Waals surface area contributed by atoms with E-state index >= 15 is 0 Å². The van der Waals surface area contributed by atoms with Gasteiger partial charge >= 0.3 is 0 Å². The van der Waals surface area contributed by atoms with Crippen molar-refractivity contribution in [2.75, 3.05) is 12.0 Å². The van der Waals surface area contributed by atoms with Crippen molar-refractivity contribution in [2.24, 2.45) is 0 Å². The van der Waals surface area contributed by atoms with Crippen LogP contribution < -0.4 is 5.32 Å². The largest absolute Gasteiger partial charge is 0.341 e. The number of aromatic nitrogens is 4. The van der Waals surface area contributed by atoms with Crippen molar-refractivity contribution in [1.29, 1.82) is 0 Å². The number of nitrogens with one attached hydrogen (secondary N) is 1. The van der Waals surface area contributed by atoms with Gasteiger partial charge in [-0.3, -0.25) is 9.20 Å². The minimum Gasteiger partial charge on any atom is -0.341 e. The maximum absolute atomic E-state index is 13.2. The molecule has 1 atom stereocenters. The Balaban J connectivity index is 1.59. The lowest BCUT2D eigenvalue weighted by molar-refractivity contribution is 0.0937. The Morgan fingerprint density at radius 3 is 2.74 bits per heavy atom. The number of pyridine rings is 1. The monoisotopic (exact) mass is 451 g/mol. The van der Waals surface area contributed by atoms with E-state index in [2.05, 4.69) is 57.9 Å². The second-order valence-corrected chi connectivity index (χ2v) is 9.26. The predicted molar refractivity (Wildman–Crippen MR) is 128 cm³/mol. The van der Waals surface area contributed by atoms with E-state index in [9.17, 15) is 4.79 Å². The van der Waals surface area contributed by atoms with Crippen LogP contribution in [-0.2, 0) is 6.42 Å². The van der Waals surface area contributed by atoms with Crippen molar-refractivity contribution in [3.63, 3.8) is 0 Å². The van der Waals surface area contributed by atoms with E-state index in [1.165, 1.54) is 16.9 Å². The van der Waals surface area contributed by atoms with Gasteiger partial charge in [0.2, 0.25) is 0 Å². The van der Waals surface area contributed by atoms with E-state index in [-0.39, 0.29) is 11.9 Å². The second kappa shape index (κ2) is 9.62. The number of fused-ring (bicyclic) bond motifs is 1. The summed E-state index contributed by atoms with van der Waals surface area (Å²) in [6.45, 7) is 4.02. The number of carbonyl (C=O) groups excluding carboxylic acids is 1. The van der Waals surface area contributed by atoms with Crippen LogP contribution >= 0.6 is 23.1 Å². The molecule has 4 aromatic rings. The molecule has 0 saturated heterocycles. The van der Waals surface area contributed by atoms with Crippen molar-refractivity contribution in [3.05, 3.63) is 70.6 Å². The van der Waals surface area contributed by atoms with Gasteiger partial charge in [-0.05, 0) is 49.5 Å². The fraction of sp³-hybridized carbons (Fsp3) is 0.304. The zero-order valence-corrected chi connectivity index (χ0v) is 19.5. The maximum atomic E-state index is 13.2. The number of carbonyl (C=O) groups is 1. The summed E-state index contributed by atoms with van der Waals surface area (Å²) in [4.78, 5) is 18.5. The average Bonchev–Trinajstić information content (AvgIpc) is 3.40. The molecule has 0 aliphatic carbocycles. The topological polar surface area (TPSA) is 72.2 Å². The molecule has 1 unspecified atom stereocenters. The molecule has 31 heavy (non-hydrogen) atoms. The van der Waals surface area contributed by atoms with Crippen LogP contribution in [0.25, 0.3) is 16.2 Å². The molecule has 1 aromatic carbocycles. The molecule has 160 valence electrons. The van der Waals surface area contributed by atoms with E-state index < -0.39 is 0 Å². The van der Waals surface area contributed by atoms with Gasteiger partial charge in [0.15, 0.2) is 11.5 Å². The van der Waals surface area contributed by atoms with Crippen LogP contribution in [0.4, 0.5) is 0 Å². The standard InChI is InChI=1S/C23H25N5OS2/c1-4-16-8-10-17(11-9-16)23-24-15(2)20(31-23)22(29)25-18(12-14-30-3)21-27-26-19-7-5-6-13-28(19)21/h5-11,13,18H,4,12,14H2,1-3H3,(H,25,29). The van der Waals surface area contributed by atoms with E-state index in [4.69, 9.17) is 0 Å². The quantitative estimate of drug-likeness (QED) is 0.410. The number of benzene rings is 1. The number of nitrogens with zero attached hydrogens (tertiary/aromatic N) is 4. The van der Waals surface area contributed by atoms with Crippen LogP contribution in [0.5, 0.6) is 0 Å². The van der Waals surface area contributed by atoms with Crippen molar-refractivity contribution < 1.29 is 4.79 Å². The van der Waals surface area contributed by atoms with Gasteiger partial charge in [0.1, 0.15) is 9.88 Å². The van der Waals surface area contributed by atoms with Gasteiger partial charge in [-0.25, -0.2) is 4.98 Å². The third-order valence-electron chi connectivity index (χ3n) is 5.18. The molecule has 0 radical (unpaired) electrons. The van der Waals surface area contributed by atoms with E-state index in [0.29, 0.717) is 4.88 Å². The van der Waals surface area contributed by atoms with Crippen LogP contribution in [0.3, 0.4) is 0 Å². The number of hydrogen-bond acceptors (Lipinski definition) is 6. The minimum atomic E-state index is -0.230. The first kappa shape index (κ1) is 21.5. The molecule has 0 aliphatic rings. The molecular weight excluding hydrogens is 426 g/mol. The SMILES string of the molecule is CCc1ccc(-c2nc(C)c(C(=O)NC(CCSC)c3nnc4ccccn34)s2)cc1. The van der Waals surface area contributed by atoms with E-state index in [1.54, 1.807) is 11.8 Å². The highest BCUT2D eigenvalue weighted by Crippen LogP contribution is 2.29. The Labute approximate surface area is 190 Å². The van der Waals surface area contributed by atoms with Crippen molar-refractivity contribution in [3.8, 4) is 10.6 Å². The molecule has 0 aliphatic heterocycles. The molecule has 6 nitrogen and oxygen atoms in total. The van der Waals surface area contributed by atoms with Crippen molar-refractivity contribution in [1.82, 2.24) is 24.9 Å². The second-order valence-electron chi connectivity index (χ2n) is 7.28. The minimum absolute atomic E-state index is 0.120. The lowest BCUT2D eigenvalue weighted by Gasteiger charge is -2.16. The van der Waals surface area contributed by atoms with Crippen LogP contribution in [0.1, 0.15) is 46.1 Å². The molecular formula is C23H25N5OS2. The lowest BCUT2D eigenvalue weighted by atomic mass is 10.1. The zero-order valence-electron chi connectivity index (χ0n) is 17.8. The summed E-state index contributed by atoms with van der Waals surface area (Å²) in [7, 11) is 0. The Hall–Kier alpha value is -2.71. The predicted octanol–water partition coefficient (Wildman–Crippen LogP) is 4.95. The number of aryl methyl sites for hydroxylation is 2. The number of amides is 1. The van der Waals surface area contributed by atoms with E-state index in [1.807, 2.05) is 35.7 Å². The normalized spacial score (nSPS) is 12.2. The van der Waals surface area contributed by atoms with Crippen molar-refractivity contribution >= 4 is 34.7 Å². The maximum Gasteiger partial charge on any atom is 0.263 e. The molecule has 0 saturated carbocycles. The summed E-state index contributed by atoms with van der Waals surface area (Å²) in [5, 5.41) is 12.7. The highest BCUT2D eigenvalue weighted by molar-refractivity contribution is 7.98.